The lowest BCUT2D eigenvalue weighted by molar-refractivity contribution is 0.304. The van der Waals surface area contributed by atoms with Crippen molar-refractivity contribution in [3.05, 3.63) is 78.9 Å². The molecular weight excluding hydrogens is 456 g/mol. The molecule has 5 heteroatoms. The van der Waals surface area contributed by atoms with E-state index < -0.39 is 0 Å². The van der Waals surface area contributed by atoms with Gasteiger partial charge in [0, 0.05) is 58.6 Å². The fourth-order valence-electron chi connectivity index (χ4n) is 5.71. The lowest BCUT2D eigenvalue weighted by atomic mass is 10.1. The Hall–Kier alpha value is -3.86. The van der Waals surface area contributed by atoms with Crippen LogP contribution in [0.25, 0.3) is 43.6 Å². The molecule has 0 unspecified atom stereocenters. The van der Waals surface area contributed by atoms with Crippen molar-refractivity contribution in [1.29, 1.82) is 0 Å². The van der Waals surface area contributed by atoms with Crippen molar-refractivity contribution in [2.24, 2.45) is 0 Å². The van der Waals surface area contributed by atoms with E-state index in [0.29, 0.717) is 0 Å². The summed E-state index contributed by atoms with van der Waals surface area (Å²) in [7, 11) is 0. The second-order valence-electron chi connectivity index (χ2n) is 9.95. The minimum atomic E-state index is 0.732. The van der Waals surface area contributed by atoms with Crippen LogP contribution in [0.3, 0.4) is 0 Å². The second kappa shape index (κ2) is 10.3. The number of unbranched alkanes of at least 4 members (excludes halogenated alkanes) is 3. The molecule has 0 atom stereocenters. The highest BCUT2D eigenvalue weighted by Gasteiger charge is 2.14. The van der Waals surface area contributed by atoms with Crippen molar-refractivity contribution >= 4 is 43.6 Å². The molecule has 0 fully saturated rings. The number of fused-ring (bicyclic) bond motifs is 6. The van der Waals surface area contributed by atoms with Gasteiger partial charge in [-0.2, -0.15) is 0 Å². The predicted octanol–water partition coefficient (Wildman–Crippen LogP) is 8.05. The third-order valence-electron chi connectivity index (χ3n) is 7.53. The van der Waals surface area contributed by atoms with Crippen LogP contribution in [0.15, 0.2) is 73.2 Å². The van der Waals surface area contributed by atoms with E-state index in [0.717, 1.165) is 56.8 Å². The molecule has 0 aliphatic rings. The predicted molar refractivity (Wildman–Crippen MR) is 153 cm³/mol. The summed E-state index contributed by atoms with van der Waals surface area (Å²) in [5.41, 5.74) is 6.10. The zero-order valence-electron chi connectivity index (χ0n) is 21.8. The van der Waals surface area contributed by atoms with Crippen molar-refractivity contribution in [1.82, 2.24) is 19.1 Å². The van der Waals surface area contributed by atoms with Crippen LogP contribution in [0.1, 0.15) is 44.7 Å². The Morgan fingerprint density at radius 1 is 0.730 bits per heavy atom. The zero-order chi connectivity index (χ0) is 25.2. The number of pyridine rings is 2. The molecule has 4 aromatic heterocycles. The Kier molecular flexibility index (Phi) is 6.52. The van der Waals surface area contributed by atoms with Gasteiger partial charge in [-0.05, 0) is 62.9 Å². The maximum absolute atomic E-state index is 6.23. The fourth-order valence-corrected chi connectivity index (χ4v) is 5.71. The molecule has 2 aromatic carbocycles. The summed E-state index contributed by atoms with van der Waals surface area (Å²) in [6.45, 7) is 7.08. The van der Waals surface area contributed by atoms with Crippen molar-refractivity contribution < 1.29 is 4.74 Å². The van der Waals surface area contributed by atoms with Gasteiger partial charge in [0.1, 0.15) is 5.75 Å². The molecule has 0 aliphatic carbocycles. The van der Waals surface area contributed by atoms with Crippen LogP contribution in [0.2, 0.25) is 0 Å². The number of nitrogens with zero attached hydrogens (tertiary/aromatic N) is 4. The van der Waals surface area contributed by atoms with Crippen molar-refractivity contribution in [2.75, 3.05) is 6.61 Å². The van der Waals surface area contributed by atoms with E-state index in [-0.39, 0.29) is 0 Å². The highest BCUT2D eigenvalue weighted by molar-refractivity contribution is 6.09. The highest BCUT2D eigenvalue weighted by atomic mass is 16.5. The van der Waals surface area contributed by atoms with Crippen LogP contribution in [-0.4, -0.2) is 25.7 Å². The van der Waals surface area contributed by atoms with Gasteiger partial charge in [0.05, 0.1) is 35.0 Å². The number of ether oxygens (including phenoxy) is 1. The van der Waals surface area contributed by atoms with Crippen LogP contribution in [0.4, 0.5) is 0 Å². The minimum Gasteiger partial charge on any atom is -0.494 e. The maximum Gasteiger partial charge on any atom is 0.121 e. The van der Waals surface area contributed by atoms with E-state index in [4.69, 9.17) is 4.74 Å². The SMILES string of the molecule is CCCCn1c2cc(OCCCCCn3c4ccccc4c4ccncc43)ccc2c2ccnc(C)c21. The molecule has 4 heterocycles. The van der Waals surface area contributed by atoms with E-state index in [1.54, 1.807) is 0 Å². The summed E-state index contributed by atoms with van der Waals surface area (Å²) in [5, 5.41) is 5.16. The molecule has 0 saturated carbocycles. The average molecular weight is 491 g/mol. The third-order valence-corrected chi connectivity index (χ3v) is 7.53. The van der Waals surface area contributed by atoms with E-state index in [1.165, 1.54) is 50.0 Å². The topological polar surface area (TPSA) is 44.9 Å². The van der Waals surface area contributed by atoms with Gasteiger partial charge in [0.15, 0.2) is 0 Å². The summed E-state index contributed by atoms with van der Waals surface area (Å²) < 4.78 is 11.1. The quantitative estimate of drug-likeness (QED) is 0.182. The molecule has 0 spiro atoms. The van der Waals surface area contributed by atoms with E-state index in [1.807, 2.05) is 18.6 Å². The normalized spacial score (nSPS) is 11.8. The van der Waals surface area contributed by atoms with Gasteiger partial charge in [-0.1, -0.05) is 31.5 Å². The van der Waals surface area contributed by atoms with Crippen molar-refractivity contribution in [2.45, 2.75) is 59.0 Å². The standard InChI is InChI=1S/C32H34N4O/c1-3-4-18-36-30-21-24(12-13-26(30)28-15-17-34-23(2)32(28)36)37-20-9-5-8-19-35-29-11-7-6-10-25(29)27-14-16-33-22-31(27)35/h6-7,10-17,21-22H,3-5,8-9,18-20H2,1-2H3. The van der Waals surface area contributed by atoms with Crippen LogP contribution in [0.5, 0.6) is 5.75 Å². The Balaban J connectivity index is 1.12. The second-order valence-corrected chi connectivity index (χ2v) is 9.95. The monoisotopic (exact) mass is 490 g/mol. The first-order chi connectivity index (χ1) is 18.3. The molecule has 0 bridgehead atoms. The smallest absolute Gasteiger partial charge is 0.121 e. The summed E-state index contributed by atoms with van der Waals surface area (Å²) in [6.07, 6.45) is 11.4. The lowest BCUT2D eigenvalue weighted by Crippen LogP contribution is -2.02. The van der Waals surface area contributed by atoms with E-state index in [9.17, 15) is 0 Å². The summed E-state index contributed by atoms with van der Waals surface area (Å²) in [5.74, 6) is 0.951. The Morgan fingerprint density at radius 3 is 2.46 bits per heavy atom. The summed E-state index contributed by atoms with van der Waals surface area (Å²) in [4.78, 5) is 8.94. The number of aryl methyl sites for hydroxylation is 3. The van der Waals surface area contributed by atoms with Crippen LogP contribution >= 0.6 is 0 Å². The Morgan fingerprint density at radius 2 is 1.54 bits per heavy atom. The Labute approximate surface area is 217 Å². The van der Waals surface area contributed by atoms with Gasteiger partial charge < -0.3 is 13.9 Å². The molecule has 0 radical (unpaired) electrons. The molecule has 0 saturated heterocycles. The lowest BCUT2D eigenvalue weighted by Gasteiger charge is -2.10. The zero-order valence-corrected chi connectivity index (χ0v) is 21.8. The molecule has 0 N–H and O–H groups in total. The fraction of sp³-hybridized carbons (Fsp3) is 0.312. The Bertz CT molecular complexity index is 1640. The average Bonchev–Trinajstić information content (AvgIpc) is 3.42. The van der Waals surface area contributed by atoms with Gasteiger partial charge in [0.2, 0.25) is 0 Å². The largest absolute Gasteiger partial charge is 0.494 e. The van der Waals surface area contributed by atoms with E-state index >= 15 is 0 Å². The van der Waals surface area contributed by atoms with Gasteiger partial charge in [-0.25, -0.2) is 0 Å². The number of para-hydroxylation sites is 1. The molecule has 6 aromatic rings. The van der Waals surface area contributed by atoms with Crippen molar-refractivity contribution in [3.63, 3.8) is 0 Å². The first-order valence-electron chi connectivity index (χ1n) is 13.6. The van der Waals surface area contributed by atoms with Crippen LogP contribution in [-0.2, 0) is 13.1 Å². The third kappa shape index (κ3) is 4.33. The molecule has 37 heavy (non-hydrogen) atoms. The summed E-state index contributed by atoms with van der Waals surface area (Å²) in [6, 6.07) is 19.5. The van der Waals surface area contributed by atoms with Gasteiger partial charge in [-0.3, -0.25) is 9.97 Å². The first kappa shape index (κ1) is 23.5. The first-order valence-corrected chi connectivity index (χ1v) is 13.6. The molecule has 6 rings (SSSR count). The van der Waals surface area contributed by atoms with Crippen LogP contribution < -0.4 is 4.74 Å². The maximum atomic E-state index is 6.23. The molecule has 5 nitrogen and oxygen atoms in total. The van der Waals surface area contributed by atoms with Gasteiger partial charge in [-0.15, -0.1) is 0 Å². The molecular formula is C32H34N4O. The minimum absolute atomic E-state index is 0.732. The number of aromatic nitrogens is 4. The summed E-state index contributed by atoms with van der Waals surface area (Å²) >= 11 is 0. The van der Waals surface area contributed by atoms with Crippen LogP contribution in [0, 0.1) is 6.92 Å². The van der Waals surface area contributed by atoms with E-state index in [2.05, 4.69) is 87.5 Å². The van der Waals surface area contributed by atoms with Gasteiger partial charge >= 0.3 is 0 Å². The molecule has 188 valence electrons. The van der Waals surface area contributed by atoms with Gasteiger partial charge in [0.25, 0.3) is 0 Å². The highest BCUT2D eigenvalue weighted by Crippen LogP contribution is 2.33. The van der Waals surface area contributed by atoms with Crippen molar-refractivity contribution in [3.8, 4) is 5.75 Å². The number of benzene rings is 2. The number of rotatable bonds is 10. The molecule has 0 aliphatic heterocycles. The molecule has 0 amide bonds. The number of hydrogen-bond donors (Lipinski definition) is 0. The number of hydrogen-bond acceptors (Lipinski definition) is 3.